The van der Waals surface area contributed by atoms with Crippen molar-refractivity contribution in [1.29, 1.82) is 0 Å². The van der Waals surface area contributed by atoms with E-state index in [9.17, 15) is 14.4 Å². The number of aromatic nitrogens is 1. The number of carbonyl (C=O) groups excluding carboxylic acids is 3. The van der Waals surface area contributed by atoms with Crippen molar-refractivity contribution in [2.45, 2.75) is 33.3 Å². The number of anilines is 1. The van der Waals surface area contributed by atoms with Gasteiger partial charge in [0.05, 0.1) is 5.56 Å². The average Bonchev–Trinajstić information content (AvgIpc) is 2.58. The van der Waals surface area contributed by atoms with Crippen molar-refractivity contribution >= 4 is 23.7 Å². The van der Waals surface area contributed by atoms with Crippen molar-refractivity contribution in [3.05, 3.63) is 23.9 Å². The largest absolute Gasteiger partial charge is 0.444 e. The lowest BCUT2D eigenvalue weighted by Crippen LogP contribution is -2.51. The number of nitrogens with one attached hydrogen (secondary N) is 2. The molecule has 0 atom stereocenters. The fraction of sp³-hybridized carbons (Fsp3) is 0.529. The van der Waals surface area contributed by atoms with Gasteiger partial charge in [0.15, 0.2) is 0 Å². The smallest absolute Gasteiger partial charge is 0.410 e. The molecule has 1 aliphatic heterocycles. The standard InChI is InChI=1S/C17H25N5O4/c1-12(23)19-20-15(24)13-6-5-7-18-14(13)21-8-10-22(11-9-21)16(25)26-17(2,3)4/h5-7H,8-11H2,1-4H3,(H,19,23)(H,20,24). The lowest BCUT2D eigenvalue weighted by atomic mass is 10.2. The van der Waals surface area contributed by atoms with Gasteiger partial charge in [0.2, 0.25) is 5.91 Å². The maximum Gasteiger partial charge on any atom is 0.410 e. The minimum Gasteiger partial charge on any atom is -0.444 e. The molecule has 142 valence electrons. The van der Waals surface area contributed by atoms with E-state index in [-0.39, 0.29) is 12.0 Å². The SMILES string of the molecule is CC(=O)NNC(=O)c1cccnc1N1CCN(C(=O)OC(C)(C)C)CC1. The van der Waals surface area contributed by atoms with E-state index in [1.54, 1.807) is 23.2 Å². The molecule has 2 N–H and O–H groups in total. The van der Waals surface area contributed by atoms with Crippen molar-refractivity contribution in [3.8, 4) is 0 Å². The molecule has 1 fully saturated rings. The van der Waals surface area contributed by atoms with Crippen LogP contribution in [0.3, 0.4) is 0 Å². The van der Waals surface area contributed by atoms with Gasteiger partial charge in [-0.15, -0.1) is 0 Å². The van der Waals surface area contributed by atoms with Gasteiger partial charge in [0.1, 0.15) is 11.4 Å². The molecule has 0 saturated carbocycles. The number of ether oxygens (including phenoxy) is 1. The highest BCUT2D eigenvalue weighted by atomic mass is 16.6. The van der Waals surface area contributed by atoms with Crippen molar-refractivity contribution in [2.75, 3.05) is 31.1 Å². The number of rotatable bonds is 2. The highest BCUT2D eigenvalue weighted by Gasteiger charge is 2.27. The van der Waals surface area contributed by atoms with E-state index >= 15 is 0 Å². The zero-order valence-electron chi connectivity index (χ0n) is 15.5. The molecule has 0 aliphatic carbocycles. The Bertz CT molecular complexity index is 678. The van der Waals surface area contributed by atoms with Crippen LogP contribution in [0.25, 0.3) is 0 Å². The van der Waals surface area contributed by atoms with Crippen molar-refractivity contribution in [3.63, 3.8) is 0 Å². The summed E-state index contributed by atoms with van der Waals surface area (Å²) in [4.78, 5) is 43.2. The fourth-order valence-electron chi connectivity index (χ4n) is 2.47. The molecule has 1 saturated heterocycles. The minimum atomic E-state index is -0.538. The van der Waals surface area contributed by atoms with Gasteiger partial charge in [-0.2, -0.15) is 0 Å². The number of hydrogen-bond donors (Lipinski definition) is 2. The van der Waals surface area contributed by atoms with E-state index in [1.807, 2.05) is 25.7 Å². The molecule has 0 radical (unpaired) electrons. The van der Waals surface area contributed by atoms with Crippen LogP contribution in [0.2, 0.25) is 0 Å². The van der Waals surface area contributed by atoms with Crippen LogP contribution in [0, 0.1) is 0 Å². The van der Waals surface area contributed by atoms with E-state index in [2.05, 4.69) is 15.8 Å². The molecule has 0 spiro atoms. The first kappa shape index (κ1) is 19.5. The Morgan fingerprint density at radius 2 is 1.77 bits per heavy atom. The molecule has 2 rings (SSSR count). The maximum absolute atomic E-state index is 12.3. The van der Waals surface area contributed by atoms with Crippen LogP contribution in [-0.2, 0) is 9.53 Å². The third kappa shape index (κ3) is 5.33. The number of piperazine rings is 1. The van der Waals surface area contributed by atoms with Gasteiger partial charge in [0.25, 0.3) is 5.91 Å². The topological polar surface area (TPSA) is 104 Å². The van der Waals surface area contributed by atoms with E-state index in [4.69, 9.17) is 4.74 Å². The van der Waals surface area contributed by atoms with E-state index in [0.29, 0.717) is 37.6 Å². The third-order valence-electron chi connectivity index (χ3n) is 3.61. The molecule has 1 aromatic heterocycles. The second kappa shape index (κ2) is 8.03. The van der Waals surface area contributed by atoms with Crippen molar-refractivity contribution < 1.29 is 19.1 Å². The number of carbonyl (C=O) groups is 3. The first-order valence-corrected chi connectivity index (χ1v) is 8.42. The summed E-state index contributed by atoms with van der Waals surface area (Å²) in [5, 5.41) is 0. The normalized spacial score (nSPS) is 14.6. The summed E-state index contributed by atoms with van der Waals surface area (Å²) in [5.74, 6) is -0.299. The van der Waals surface area contributed by atoms with E-state index in [1.165, 1.54) is 6.92 Å². The molecule has 0 unspecified atom stereocenters. The monoisotopic (exact) mass is 363 g/mol. The Morgan fingerprint density at radius 1 is 1.12 bits per heavy atom. The molecular weight excluding hydrogens is 338 g/mol. The van der Waals surface area contributed by atoms with Crippen molar-refractivity contribution in [1.82, 2.24) is 20.7 Å². The number of pyridine rings is 1. The Morgan fingerprint density at radius 3 is 2.35 bits per heavy atom. The summed E-state index contributed by atoms with van der Waals surface area (Å²) in [5.41, 5.74) is 4.42. The zero-order valence-corrected chi connectivity index (χ0v) is 15.5. The Hall–Kier alpha value is -2.84. The van der Waals surface area contributed by atoms with Gasteiger partial charge in [-0.1, -0.05) is 0 Å². The molecule has 0 aromatic carbocycles. The summed E-state index contributed by atoms with van der Waals surface area (Å²) in [6, 6.07) is 3.29. The quantitative estimate of drug-likeness (QED) is 0.757. The summed E-state index contributed by atoms with van der Waals surface area (Å²) in [6.45, 7) is 8.78. The molecule has 3 amide bonds. The highest BCUT2D eigenvalue weighted by Crippen LogP contribution is 2.20. The number of amides is 3. The Labute approximate surface area is 152 Å². The lowest BCUT2D eigenvalue weighted by Gasteiger charge is -2.36. The lowest BCUT2D eigenvalue weighted by molar-refractivity contribution is -0.119. The average molecular weight is 363 g/mol. The van der Waals surface area contributed by atoms with E-state index in [0.717, 1.165) is 0 Å². The second-order valence-corrected chi connectivity index (χ2v) is 6.96. The van der Waals surface area contributed by atoms with Crippen LogP contribution in [0.1, 0.15) is 38.1 Å². The van der Waals surface area contributed by atoms with Gasteiger partial charge in [-0.05, 0) is 32.9 Å². The van der Waals surface area contributed by atoms with Crippen LogP contribution in [-0.4, -0.2) is 59.6 Å². The minimum absolute atomic E-state index is 0.346. The first-order valence-electron chi connectivity index (χ1n) is 8.42. The fourth-order valence-corrected chi connectivity index (χ4v) is 2.47. The molecule has 1 aliphatic rings. The summed E-state index contributed by atoms with van der Waals surface area (Å²) in [6.07, 6.45) is 1.26. The van der Waals surface area contributed by atoms with Gasteiger partial charge < -0.3 is 14.5 Å². The van der Waals surface area contributed by atoms with Crippen LogP contribution >= 0.6 is 0 Å². The number of nitrogens with zero attached hydrogens (tertiary/aromatic N) is 3. The van der Waals surface area contributed by atoms with Crippen LogP contribution in [0.5, 0.6) is 0 Å². The van der Waals surface area contributed by atoms with Crippen molar-refractivity contribution in [2.24, 2.45) is 0 Å². The first-order chi connectivity index (χ1) is 12.2. The molecular formula is C17H25N5O4. The molecule has 2 heterocycles. The van der Waals surface area contributed by atoms with Crippen LogP contribution in [0.15, 0.2) is 18.3 Å². The van der Waals surface area contributed by atoms with Crippen LogP contribution < -0.4 is 15.8 Å². The number of hydrogen-bond acceptors (Lipinski definition) is 6. The van der Waals surface area contributed by atoms with Gasteiger partial charge in [-0.25, -0.2) is 9.78 Å². The van der Waals surface area contributed by atoms with Gasteiger partial charge in [0, 0.05) is 39.3 Å². The number of hydrazine groups is 1. The second-order valence-electron chi connectivity index (χ2n) is 6.96. The maximum atomic E-state index is 12.3. The zero-order chi connectivity index (χ0) is 19.3. The molecule has 0 bridgehead atoms. The molecule has 1 aromatic rings. The van der Waals surface area contributed by atoms with Gasteiger partial charge in [-0.3, -0.25) is 20.4 Å². The van der Waals surface area contributed by atoms with Crippen LogP contribution in [0.4, 0.5) is 10.6 Å². The molecule has 26 heavy (non-hydrogen) atoms. The predicted octanol–water partition coefficient (Wildman–Crippen LogP) is 0.920. The Balaban J connectivity index is 2.02. The summed E-state index contributed by atoms with van der Waals surface area (Å²) in [7, 11) is 0. The molecule has 9 nitrogen and oxygen atoms in total. The van der Waals surface area contributed by atoms with Gasteiger partial charge >= 0.3 is 6.09 Å². The molecule has 9 heteroatoms. The predicted molar refractivity (Wildman–Crippen MR) is 95.5 cm³/mol. The third-order valence-corrected chi connectivity index (χ3v) is 3.61. The van der Waals surface area contributed by atoms with E-state index < -0.39 is 11.5 Å². The highest BCUT2D eigenvalue weighted by molar-refractivity contribution is 5.99. The Kier molecular flexibility index (Phi) is 6.01. The summed E-state index contributed by atoms with van der Waals surface area (Å²) < 4.78 is 5.38. The summed E-state index contributed by atoms with van der Waals surface area (Å²) >= 11 is 0.